The first-order valence-corrected chi connectivity index (χ1v) is 7.15. The SMILES string of the molecule is O=S(=O)(Cl)c1n[nH]c(S(=O)(=O)Cl)n1. The molecule has 0 radical (unpaired) electrons. The van der Waals surface area contributed by atoms with Gasteiger partial charge in [-0.05, 0) is 0 Å². The summed E-state index contributed by atoms with van der Waals surface area (Å²) < 4.78 is 42.2. The molecule has 0 amide bonds. The van der Waals surface area contributed by atoms with E-state index < -0.39 is 28.4 Å². The van der Waals surface area contributed by atoms with Gasteiger partial charge >= 0.3 is 0 Å². The molecule has 74 valence electrons. The van der Waals surface area contributed by atoms with E-state index in [-0.39, 0.29) is 0 Å². The Hall–Kier alpha value is -0.380. The Morgan fingerprint density at radius 3 is 1.85 bits per heavy atom. The first-order chi connectivity index (χ1) is 5.71. The van der Waals surface area contributed by atoms with Gasteiger partial charge in [-0.1, -0.05) is 0 Å². The van der Waals surface area contributed by atoms with Crippen LogP contribution in [0.3, 0.4) is 0 Å². The van der Waals surface area contributed by atoms with Crippen LogP contribution in [0.15, 0.2) is 10.3 Å². The van der Waals surface area contributed by atoms with Crippen LogP contribution in [0.2, 0.25) is 0 Å². The van der Waals surface area contributed by atoms with E-state index in [0.717, 1.165) is 0 Å². The van der Waals surface area contributed by atoms with Crippen molar-refractivity contribution in [1.29, 1.82) is 0 Å². The molecule has 0 aliphatic rings. The monoisotopic (exact) mass is 265 g/mol. The van der Waals surface area contributed by atoms with Crippen molar-refractivity contribution < 1.29 is 16.8 Å². The van der Waals surface area contributed by atoms with Gasteiger partial charge in [0.05, 0.1) is 0 Å². The Bertz CT molecular complexity index is 469. The molecule has 0 atom stereocenters. The summed E-state index contributed by atoms with van der Waals surface area (Å²) in [7, 11) is 1.36. The molecule has 0 aromatic carbocycles. The average molecular weight is 266 g/mol. The van der Waals surface area contributed by atoms with Crippen LogP contribution >= 0.6 is 21.4 Å². The Kier molecular flexibility index (Phi) is 2.54. The van der Waals surface area contributed by atoms with Crippen LogP contribution in [0.4, 0.5) is 0 Å². The Morgan fingerprint density at radius 2 is 1.62 bits per heavy atom. The molecule has 0 bridgehead atoms. The summed E-state index contributed by atoms with van der Waals surface area (Å²) in [5.74, 6) is 0. The number of aromatic nitrogens is 3. The van der Waals surface area contributed by atoms with E-state index >= 15 is 0 Å². The number of hydrogen-bond donors (Lipinski definition) is 1. The van der Waals surface area contributed by atoms with Crippen molar-refractivity contribution in [3.05, 3.63) is 0 Å². The van der Waals surface area contributed by atoms with Gasteiger partial charge in [0, 0.05) is 21.4 Å². The molecule has 0 fully saturated rings. The highest BCUT2D eigenvalue weighted by atomic mass is 35.7. The van der Waals surface area contributed by atoms with E-state index in [4.69, 9.17) is 21.4 Å². The molecule has 1 aromatic rings. The highest BCUT2D eigenvalue weighted by molar-refractivity contribution is 8.14. The molecule has 1 rings (SSSR count). The lowest BCUT2D eigenvalue weighted by Gasteiger charge is -1.83. The van der Waals surface area contributed by atoms with Crippen LogP contribution in [0.5, 0.6) is 0 Å². The zero-order chi connectivity index (χ0) is 10.3. The fourth-order valence-corrected chi connectivity index (χ4v) is 1.63. The van der Waals surface area contributed by atoms with Crippen LogP contribution in [0.1, 0.15) is 0 Å². The Labute approximate surface area is 81.9 Å². The van der Waals surface area contributed by atoms with E-state index in [0.29, 0.717) is 0 Å². The number of aromatic amines is 1. The van der Waals surface area contributed by atoms with Crippen molar-refractivity contribution in [1.82, 2.24) is 15.2 Å². The molecular weight excluding hydrogens is 265 g/mol. The lowest BCUT2D eigenvalue weighted by atomic mass is 11.3. The summed E-state index contributed by atoms with van der Waals surface area (Å²) in [5.41, 5.74) is 0. The van der Waals surface area contributed by atoms with Gasteiger partial charge < -0.3 is 0 Å². The van der Waals surface area contributed by atoms with Gasteiger partial charge in [0.2, 0.25) is 0 Å². The number of H-pyrrole nitrogens is 1. The fraction of sp³-hybridized carbons (Fsp3) is 0. The highest BCUT2D eigenvalue weighted by Crippen LogP contribution is 2.13. The topological polar surface area (TPSA) is 110 Å². The van der Waals surface area contributed by atoms with Crippen molar-refractivity contribution in [3.8, 4) is 0 Å². The summed E-state index contributed by atoms with van der Waals surface area (Å²) >= 11 is 0. The average Bonchev–Trinajstić information content (AvgIpc) is 2.28. The zero-order valence-corrected chi connectivity index (χ0v) is 8.74. The minimum atomic E-state index is -4.15. The second kappa shape index (κ2) is 3.08. The number of halogens is 2. The van der Waals surface area contributed by atoms with E-state index in [1.54, 1.807) is 0 Å². The smallest absolute Gasteiger partial charge is 0.248 e. The molecule has 7 nitrogen and oxygen atoms in total. The molecule has 0 saturated carbocycles. The van der Waals surface area contributed by atoms with Gasteiger partial charge in [-0.25, -0.2) is 21.9 Å². The predicted molar refractivity (Wildman–Crippen MR) is 42.5 cm³/mol. The molecule has 1 aromatic heterocycles. The number of nitrogens with zero attached hydrogens (tertiary/aromatic N) is 2. The van der Waals surface area contributed by atoms with Crippen molar-refractivity contribution in [2.45, 2.75) is 10.3 Å². The summed E-state index contributed by atoms with van der Waals surface area (Å²) in [6.07, 6.45) is 0. The van der Waals surface area contributed by atoms with Crippen LogP contribution in [0, 0.1) is 0 Å². The molecule has 0 spiro atoms. The van der Waals surface area contributed by atoms with Gasteiger partial charge in [0.25, 0.3) is 28.4 Å². The van der Waals surface area contributed by atoms with E-state index in [1.165, 1.54) is 0 Å². The van der Waals surface area contributed by atoms with Gasteiger partial charge in [0.15, 0.2) is 0 Å². The summed E-state index contributed by atoms with van der Waals surface area (Å²) in [6, 6.07) is 0. The third-order valence-electron chi connectivity index (χ3n) is 0.893. The molecule has 13 heavy (non-hydrogen) atoms. The maximum absolute atomic E-state index is 10.6. The van der Waals surface area contributed by atoms with Crippen LogP contribution in [-0.2, 0) is 18.1 Å². The minimum Gasteiger partial charge on any atom is -0.248 e. The van der Waals surface area contributed by atoms with Crippen molar-refractivity contribution in [3.63, 3.8) is 0 Å². The quantitative estimate of drug-likeness (QED) is 0.733. The lowest BCUT2D eigenvalue weighted by molar-refractivity contribution is 0.600. The van der Waals surface area contributed by atoms with E-state index in [1.807, 2.05) is 5.10 Å². The second-order valence-corrected chi connectivity index (χ2v) is 6.74. The molecule has 1 N–H and O–H groups in total. The minimum absolute atomic E-state index is 0.770. The van der Waals surface area contributed by atoms with Crippen LogP contribution in [-0.4, -0.2) is 32.0 Å². The lowest BCUT2D eigenvalue weighted by Crippen LogP contribution is -1.95. The molecule has 0 unspecified atom stereocenters. The molecule has 1 heterocycles. The van der Waals surface area contributed by atoms with Crippen LogP contribution < -0.4 is 0 Å². The van der Waals surface area contributed by atoms with Crippen LogP contribution in [0.25, 0.3) is 0 Å². The third-order valence-corrected chi connectivity index (χ3v) is 3.01. The first kappa shape index (κ1) is 10.7. The van der Waals surface area contributed by atoms with Gasteiger partial charge in [-0.2, -0.15) is 4.98 Å². The first-order valence-electron chi connectivity index (χ1n) is 2.53. The zero-order valence-electron chi connectivity index (χ0n) is 5.60. The normalized spacial score (nSPS) is 13.1. The number of rotatable bonds is 2. The Balaban J connectivity index is 3.32. The van der Waals surface area contributed by atoms with Gasteiger partial charge in [-0.15, -0.1) is 5.10 Å². The summed E-state index contributed by atoms with van der Waals surface area (Å²) in [5, 5.41) is 3.23. The molecule has 0 aliphatic heterocycles. The molecule has 0 saturated heterocycles. The summed E-state index contributed by atoms with van der Waals surface area (Å²) in [6.45, 7) is 0. The second-order valence-electron chi connectivity index (χ2n) is 1.80. The maximum atomic E-state index is 10.6. The number of nitrogens with one attached hydrogen (secondary N) is 1. The maximum Gasteiger partial charge on any atom is 0.298 e. The molecule has 0 aliphatic carbocycles. The van der Waals surface area contributed by atoms with Crippen molar-refractivity contribution in [2.24, 2.45) is 0 Å². The standard InChI is InChI=1S/C2HCl2N3O4S2/c3-12(8,9)1-5-2(7-6-1)13(4,10)11/h(H,5,6,7). The number of hydrogen-bond acceptors (Lipinski definition) is 6. The van der Waals surface area contributed by atoms with Gasteiger partial charge in [0.1, 0.15) is 0 Å². The molecule has 11 heteroatoms. The third kappa shape index (κ3) is 2.53. The van der Waals surface area contributed by atoms with Gasteiger partial charge in [-0.3, -0.25) is 0 Å². The predicted octanol–water partition coefficient (Wildman–Crippen LogP) is -0.340. The fourth-order valence-electron chi connectivity index (χ4n) is 0.451. The van der Waals surface area contributed by atoms with E-state index in [9.17, 15) is 16.8 Å². The highest BCUT2D eigenvalue weighted by Gasteiger charge is 2.22. The van der Waals surface area contributed by atoms with Crippen molar-refractivity contribution >= 4 is 39.5 Å². The van der Waals surface area contributed by atoms with Crippen molar-refractivity contribution in [2.75, 3.05) is 0 Å². The van der Waals surface area contributed by atoms with E-state index in [2.05, 4.69) is 10.1 Å². The molecular formula is C2HCl2N3O4S2. The summed E-state index contributed by atoms with van der Waals surface area (Å²) in [4.78, 5) is 3.05. The largest absolute Gasteiger partial charge is 0.298 e. The Morgan fingerprint density at radius 1 is 1.08 bits per heavy atom.